The van der Waals surface area contributed by atoms with Gasteiger partial charge in [0.25, 0.3) is 0 Å². The lowest BCUT2D eigenvalue weighted by Gasteiger charge is -2.12. The van der Waals surface area contributed by atoms with E-state index in [9.17, 15) is 4.79 Å². The van der Waals surface area contributed by atoms with Gasteiger partial charge in [0.15, 0.2) is 0 Å². The summed E-state index contributed by atoms with van der Waals surface area (Å²) in [6, 6.07) is 13.5. The molecule has 3 N–H and O–H groups in total. The molecule has 0 aliphatic heterocycles. The van der Waals surface area contributed by atoms with Crippen molar-refractivity contribution >= 4 is 28.6 Å². The first-order valence-corrected chi connectivity index (χ1v) is 10.6. The van der Waals surface area contributed by atoms with Gasteiger partial charge in [0.2, 0.25) is 11.0 Å². The predicted molar refractivity (Wildman–Crippen MR) is 122 cm³/mol. The van der Waals surface area contributed by atoms with Crippen LogP contribution in [0.25, 0.3) is 0 Å². The van der Waals surface area contributed by atoms with E-state index in [4.69, 9.17) is 15.2 Å². The van der Waals surface area contributed by atoms with E-state index in [-0.39, 0.29) is 12.3 Å². The maximum Gasteiger partial charge on any atom is 0.247 e. The molecule has 1 amide bonds. The standard InChI is InChI=1S/C22H25N5O3S/c1-15-7-5-10-18(16(15)2)29-11-6-12-30-19-9-4-3-8-17(19)14-24-25-20(28)13-21-26-27-22(23)31-21/h3-5,7-10,14H,6,11-13H2,1-2H3,(H2,23,27)(H,25,28)/b24-14+. The zero-order valence-corrected chi connectivity index (χ0v) is 18.3. The summed E-state index contributed by atoms with van der Waals surface area (Å²) in [5.41, 5.74) is 11.1. The van der Waals surface area contributed by atoms with Gasteiger partial charge in [-0.1, -0.05) is 35.6 Å². The summed E-state index contributed by atoms with van der Waals surface area (Å²) in [7, 11) is 0. The molecule has 0 aliphatic rings. The van der Waals surface area contributed by atoms with Crippen LogP contribution in [-0.4, -0.2) is 35.5 Å². The molecular weight excluding hydrogens is 414 g/mol. The molecule has 2 aromatic carbocycles. The van der Waals surface area contributed by atoms with E-state index >= 15 is 0 Å². The Morgan fingerprint density at radius 1 is 1.10 bits per heavy atom. The van der Waals surface area contributed by atoms with Crippen LogP contribution in [0.15, 0.2) is 47.6 Å². The predicted octanol–water partition coefficient (Wildman–Crippen LogP) is 3.28. The van der Waals surface area contributed by atoms with Crippen LogP contribution in [0.5, 0.6) is 11.5 Å². The van der Waals surface area contributed by atoms with Gasteiger partial charge < -0.3 is 15.2 Å². The van der Waals surface area contributed by atoms with Crippen molar-refractivity contribution in [3.63, 3.8) is 0 Å². The summed E-state index contributed by atoms with van der Waals surface area (Å²) in [6.45, 7) is 5.19. The number of aromatic nitrogens is 2. The fourth-order valence-electron chi connectivity index (χ4n) is 2.71. The monoisotopic (exact) mass is 439 g/mol. The second kappa shape index (κ2) is 11.1. The molecule has 3 rings (SSSR count). The van der Waals surface area contributed by atoms with Crippen LogP contribution >= 0.6 is 11.3 Å². The van der Waals surface area contributed by atoms with Gasteiger partial charge in [-0.15, -0.1) is 10.2 Å². The lowest BCUT2D eigenvalue weighted by atomic mass is 10.1. The van der Waals surface area contributed by atoms with E-state index in [1.807, 2.05) is 36.4 Å². The number of nitrogens with two attached hydrogens (primary N) is 1. The van der Waals surface area contributed by atoms with E-state index in [0.29, 0.717) is 29.1 Å². The second-order valence-electron chi connectivity index (χ2n) is 6.79. The number of ether oxygens (including phenoxy) is 2. The zero-order valence-electron chi connectivity index (χ0n) is 17.5. The average molecular weight is 440 g/mol. The molecule has 31 heavy (non-hydrogen) atoms. The quantitative estimate of drug-likeness (QED) is 0.285. The minimum Gasteiger partial charge on any atom is -0.493 e. The Hall–Kier alpha value is -3.46. The Labute approximate surface area is 185 Å². The summed E-state index contributed by atoms with van der Waals surface area (Å²) >= 11 is 1.17. The van der Waals surface area contributed by atoms with Gasteiger partial charge >= 0.3 is 0 Å². The van der Waals surface area contributed by atoms with Crippen molar-refractivity contribution in [1.29, 1.82) is 0 Å². The number of benzene rings is 2. The summed E-state index contributed by atoms with van der Waals surface area (Å²) in [4.78, 5) is 11.9. The average Bonchev–Trinajstić information content (AvgIpc) is 3.16. The van der Waals surface area contributed by atoms with E-state index in [1.54, 1.807) is 6.21 Å². The van der Waals surface area contributed by atoms with Crippen LogP contribution in [-0.2, 0) is 11.2 Å². The molecule has 0 unspecified atom stereocenters. The molecular formula is C22H25N5O3S. The number of carbonyl (C=O) groups excluding carboxylic acids is 1. The Kier molecular flexibility index (Phi) is 7.94. The van der Waals surface area contributed by atoms with Crippen LogP contribution in [0.4, 0.5) is 5.13 Å². The van der Waals surface area contributed by atoms with Crippen molar-refractivity contribution in [1.82, 2.24) is 15.6 Å². The minimum atomic E-state index is -0.297. The van der Waals surface area contributed by atoms with Crippen LogP contribution in [0, 0.1) is 13.8 Å². The zero-order chi connectivity index (χ0) is 22.1. The first kappa shape index (κ1) is 22.2. The Balaban J connectivity index is 1.44. The number of nitrogen functional groups attached to an aromatic ring is 1. The SMILES string of the molecule is Cc1cccc(OCCCOc2ccccc2/C=N/NC(=O)Cc2nnc(N)s2)c1C. The number of nitrogens with one attached hydrogen (secondary N) is 1. The molecule has 162 valence electrons. The smallest absolute Gasteiger partial charge is 0.247 e. The van der Waals surface area contributed by atoms with E-state index < -0.39 is 0 Å². The third-order valence-corrected chi connectivity index (χ3v) is 5.22. The van der Waals surface area contributed by atoms with Gasteiger partial charge in [0, 0.05) is 12.0 Å². The number of rotatable bonds is 10. The molecule has 1 heterocycles. The summed E-state index contributed by atoms with van der Waals surface area (Å²) in [5, 5.41) is 12.4. The number of amides is 1. The lowest BCUT2D eigenvalue weighted by molar-refractivity contribution is -0.120. The molecule has 0 aliphatic carbocycles. The normalized spacial score (nSPS) is 10.9. The first-order chi connectivity index (χ1) is 15.0. The van der Waals surface area contributed by atoms with E-state index in [2.05, 4.69) is 40.6 Å². The van der Waals surface area contributed by atoms with Crippen LogP contribution in [0.1, 0.15) is 28.1 Å². The number of aryl methyl sites for hydroxylation is 1. The molecule has 0 saturated heterocycles. The molecule has 0 spiro atoms. The number of hydrogen-bond acceptors (Lipinski definition) is 8. The first-order valence-electron chi connectivity index (χ1n) is 9.83. The number of hydrogen-bond donors (Lipinski definition) is 2. The highest BCUT2D eigenvalue weighted by molar-refractivity contribution is 7.15. The maximum absolute atomic E-state index is 11.9. The van der Waals surface area contributed by atoms with Crippen molar-refractivity contribution in [3.05, 3.63) is 64.2 Å². The third kappa shape index (κ3) is 6.78. The van der Waals surface area contributed by atoms with Gasteiger partial charge in [-0.25, -0.2) is 5.43 Å². The molecule has 3 aromatic rings. The van der Waals surface area contributed by atoms with Gasteiger partial charge in [-0.05, 0) is 43.2 Å². The van der Waals surface area contributed by atoms with Crippen LogP contribution in [0.2, 0.25) is 0 Å². The molecule has 9 heteroatoms. The Bertz CT molecular complexity index is 1050. The minimum absolute atomic E-state index is 0.0742. The molecule has 8 nitrogen and oxygen atoms in total. The largest absolute Gasteiger partial charge is 0.493 e. The fraction of sp³-hybridized carbons (Fsp3) is 0.273. The molecule has 0 radical (unpaired) electrons. The molecule has 0 saturated carbocycles. The lowest BCUT2D eigenvalue weighted by Crippen LogP contribution is -2.19. The number of anilines is 1. The van der Waals surface area contributed by atoms with E-state index in [1.165, 1.54) is 16.9 Å². The highest BCUT2D eigenvalue weighted by Crippen LogP contribution is 2.21. The van der Waals surface area contributed by atoms with Crippen LogP contribution < -0.4 is 20.6 Å². The van der Waals surface area contributed by atoms with Crippen molar-refractivity contribution in [3.8, 4) is 11.5 Å². The number of nitrogens with zero attached hydrogens (tertiary/aromatic N) is 3. The summed E-state index contributed by atoms with van der Waals surface area (Å²) in [5.74, 6) is 1.29. The summed E-state index contributed by atoms with van der Waals surface area (Å²) in [6.07, 6.45) is 2.36. The highest BCUT2D eigenvalue weighted by Gasteiger charge is 2.07. The van der Waals surface area contributed by atoms with Crippen molar-refractivity contribution in [2.45, 2.75) is 26.7 Å². The van der Waals surface area contributed by atoms with Crippen molar-refractivity contribution in [2.75, 3.05) is 18.9 Å². The molecule has 0 atom stereocenters. The third-order valence-electron chi connectivity index (χ3n) is 4.46. The van der Waals surface area contributed by atoms with Gasteiger partial charge in [0.05, 0.1) is 25.8 Å². The molecule has 0 fully saturated rings. The van der Waals surface area contributed by atoms with E-state index in [0.717, 1.165) is 23.3 Å². The summed E-state index contributed by atoms with van der Waals surface area (Å²) < 4.78 is 11.7. The van der Waals surface area contributed by atoms with Gasteiger partial charge in [-0.2, -0.15) is 5.10 Å². The molecule has 1 aromatic heterocycles. The maximum atomic E-state index is 11.9. The number of para-hydroxylation sites is 1. The molecule has 0 bridgehead atoms. The topological polar surface area (TPSA) is 112 Å². The number of hydrazone groups is 1. The number of carbonyl (C=O) groups is 1. The Morgan fingerprint density at radius 2 is 1.84 bits per heavy atom. The highest BCUT2D eigenvalue weighted by atomic mass is 32.1. The van der Waals surface area contributed by atoms with Crippen molar-refractivity contribution in [2.24, 2.45) is 5.10 Å². The fourth-order valence-corrected chi connectivity index (χ4v) is 3.32. The van der Waals surface area contributed by atoms with Gasteiger partial charge in [0.1, 0.15) is 16.5 Å². The van der Waals surface area contributed by atoms with Gasteiger partial charge in [-0.3, -0.25) is 4.79 Å². The van der Waals surface area contributed by atoms with Crippen molar-refractivity contribution < 1.29 is 14.3 Å². The Morgan fingerprint density at radius 3 is 2.61 bits per heavy atom. The second-order valence-corrected chi connectivity index (χ2v) is 7.88. The van der Waals surface area contributed by atoms with Crippen LogP contribution in [0.3, 0.4) is 0 Å².